The number of amides is 3. The number of urea groups is 1. The Kier molecular flexibility index (Phi) is 10.2. The van der Waals surface area contributed by atoms with Crippen molar-refractivity contribution >= 4 is 44.9 Å². The Balaban J connectivity index is 1.74. The second kappa shape index (κ2) is 13.3. The maximum absolute atomic E-state index is 13.5. The molecule has 0 saturated heterocycles. The molecule has 0 aliphatic heterocycles. The Hall–Kier alpha value is -3.04. The van der Waals surface area contributed by atoms with E-state index in [9.17, 15) is 9.59 Å². The lowest BCUT2D eigenvalue weighted by Gasteiger charge is -2.30. The van der Waals surface area contributed by atoms with Crippen LogP contribution in [0.2, 0.25) is 0 Å². The third-order valence-corrected chi connectivity index (χ3v) is 7.26. The standard InChI is InChI=1S/C27H32BrN3O4S/c1-19(2)31(27(33)29-23-10-6-5-9-22(23)28)18-26(32)30(17-21-8-7-15-36-21)14-13-20-11-12-24(34-3)25(16-20)35-4/h5-12,15-16,19H,13-14,17-18H2,1-4H3,(H,29,33). The molecule has 3 rings (SSSR count). The minimum atomic E-state index is -0.318. The van der Waals surface area contributed by atoms with Gasteiger partial charge in [-0.3, -0.25) is 4.79 Å². The van der Waals surface area contributed by atoms with E-state index in [1.807, 2.05) is 78.7 Å². The number of anilines is 1. The molecule has 0 atom stereocenters. The van der Waals surface area contributed by atoms with Crippen molar-refractivity contribution in [2.45, 2.75) is 32.9 Å². The van der Waals surface area contributed by atoms with Crippen molar-refractivity contribution in [3.63, 3.8) is 0 Å². The fourth-order valence-corrected chi connectivity index (χ4v) is 4.77. The molecule has 192 valence electrons. The van der Waals surface area contributed by atoms with E-state index in [1.54, 1.807) is 30.5 Å². The number of hydrogen-bond acceptors (Lipinski definition) is 5. The second-order valence-corrected chi connectivity index (χ2v) is 10.4. The van der Waals surface area contributed by atoms with Crippen LogP contribution in [-0.4, -0.2) is 55.1 Å². The molecule has 3 aromatic rings. The largest absolute Gasteiger partial charge is 0.493 e. The number of para-hydroxylation sites is 1. The SMILES string of the molecule is COc1ccc(CCN(Cc2cccs2)C(=O)CN(C(=O)Nc2ccccc2Br)C(C)C)cc1OC. The van der Waals surface area contributed by atoms with E-state index in [-0.39, 0.29) is 24.5 Å². The summed E-state index contributed by atoms with van der Waals surface area (Å²) in [6.45, 7) is 4.77. The van der Waals surface area contributed by atoms with E-state index in [4.69, 9.17) is 9.47 Å². The van der Waals surface area contributed by atoms with Crippen molar-refractivity contribution < 1.29 is 19.1 Å². The monoisotopic (exact) mass is 573 g/mol. The van der Waals surface area contributed by atoms with E-state index in [1.165, 1.54) is 0 Å². The van der Waals surface area contributed by atoms with Crippen molar-refractivity contribution in [2.24, 2.45) is 0 Å². The van der Waals surface area contributed by atoms with Crippen LogP contribution in [0.1, 0.15) is 24.3 Å². The van der Waals surface area contributed by atoms with Gasteiger partial charge in [-0.05, 0) is 77.5 Å². The molecule has 1 aromatic heterocycles. The molecule has 36 heavy (non-hydrogen) atoms. The molecule has 0 aliphatic rings. The fraction of sp³-hybridized carbons (Fsp3) is 0.333. The lowest BCUT2D eigenvalue weighted by molar-refractivity contribution is -0.132. The molecule has 9 heteroatoms. The van der Waals surface area contributed by atoms with Crippen LogP contribution in [-0.2, 0) is 17.8 Å². The van der Waals surface area contributed by atoms with Gasteiger partial charge in [0.25, 0.3) is 0 Å². The number of ether oxygens (including phenoxy) is 2. The zero-order chi connectivity index (χ0) is 26.1. The number of halogens is 1. The predicted octanol–water partition coefficient (Wildman–Crippen LogP) is 6.04. The van der Waals surface area contributed by atoms with Gasteiger partial charge in [-0.1, -0.05) is 24.3 Å². The third-order valence-electron chi connectivity index (χ3n) is 5.70. The zero-order valence-corrected chi connectivity index (χ0v) is 23.4. The van der Waals surface area contributed by atoms with E-state index in [0.717, 1.165) is 14.9 Å². The highest BCUT2D eigenvalue weighted by molar-refractivity contribution is 9.10. The summed E-state index contributed by atoms with van der Waals surface area (Å²) < 4.78 is 11.5. The van der Waals surface area contributed by atoms with Crippen molar-refractivity contribution in [3.8, 4) is 11.5 Å². The van der Waals surface area contributed by atoms with Gasteiger partial charge in [0.15, 0.2) is 11.5 Å². The van der Waals surface area contributed by atoms with Gasteiger partial charge in [0, 0.05) is 21.9 Å². The van der Waals surface area contributed by atoms with Gasteiger partial charge in [-0.25, -0.2) is 4.79 Å². The van der Waals surface area contributed by atoms with Gasteiger partial charge < -0.3 is 24.6 Å². The fourth-order valence-electron chi connectivity index (χ4n) is 3.67. The Labute approximate surface area is 225 Å². The van der Waals surface area contributed by atoms with Crippen LogP contribution in [0.3, 0.4) is 0 Å². The first-order valence-electron chi connectivity index (χ1n) is 11.7. The summed E-state index contributed by atoms with van der Waals surface area (Å²) in [6, 6.07) is 16.7. The van der Waals surface area contributed by atoms with Crippen molar-refractivity contribution in [3.05, 3.63) is 74.9 Å². The Morgan fingerprint density at radius 2 is 1.78 bits per heavy atom. The first kappa shape index (κ1) is 27.5. The van der Waals surface area contributed by atoms with E-state index < -0.39 is 0 Å². The molecule has 1 N–H and O–H groups in total. The number of carbonyl (C=O) groups excluding carboxylic acids is 2. The molecule has 2 aromatic carbocycles. The first-order chi connectivity index (χ1) is 17.3. The maximum Gasteiger partial charge on any atom is 0.322 e. The van der Waals surface area contributed by atoms with Gasteiger partial charge in [0.1, 0.15) is 6.54 Å². The number of carbonyl (C=O) groups is 2. The normalized spacial score (nSPS) is 10.7. The van der Waals surface area contributed by atoms with Crippen LogP contribution in [0.25, 0.3) is 0 Å². The molecule has 0 spiro atoms. The number of nitrogens with one attached hydrogen (secondary N) is 1. The second-order valence-electron chi connectivity index (χ2n) is 8.47. The van der Waals surface area contributed by atoms with Crippen molar-refractivity contribution in [1.29, 1.82) is 0 Å². The number of rotatable bonds is 11. The summed E-state index contributed by atoms with van der Waals surface area (Å²) in [5.74, 6) is 1.21. The van der Waals surface area contributed by atoms with Crippen LogP contribution < -0.4 is 14.8 Å². The van der Waals surface area contributed by atoms with Gasteiger partial charge in [-0.2, -0.15) is 0 Å². The average Bonchev–Trinajstić information content (AvgIpc) is 3.39. The summed E-state index contributed by atoms with van der Waals surface area (Å²) in [4.78, 5) is 31.1. The smallest absolute Gasteiger partial charge is 0.322 e. The van der Waals surface area contributed by atoms with Gasteiger partial charge in [0.2, 0.25) is 5.91 Å². The summed E-state index contributed by atoms with van der Waals surface area (Å²) in [7, 11) is 3.21. The quantitative estimate of drug-likeness (QED) is 0.303. The van der Waals surface area contributed by atoms with Crippen LogP contribution >= 0.6 is 27.3 Å². The minimum Gasteiger partial charge on any atom is -0.493 e. The molecule has 0 aliphatic carbocycles. The molecular weight excluding hydrogens is 542 g/mol. The molecule has 0 fully saturated rings. The highest BCUT2D eigenvalue weighted by Gasteiger charge is 2.24. The Morgan fingerprint density at radius 1 is 1.03 bits per heavy atom. The van der Waals surface area contributed by atoms with Crippen molar-refractivity contribution in [1.82, 2.24) is 9.80 Å². The highest BCUT2D eigenvalue weighted by Crippen LogP contribution is 2.28. The van der Waals surface area contributed by atoms with E-state index in [2.05, 4.69) is 21.2 Å². The predicted molar refractivity (Wildman–Crippen MR) is 148 cm³/mol. The lowest BCUT2D eigenvalue weighted by Crippen LogP contribution is -2.47. The Morgan fingerprint density at radius 3 is 2.42 bits per heavy atom. The summed E-state index contributed by atoms with van der Waals surface area (Å²) in [5, 5.41) is 4.91. The van der Waals surface area contributed by atoms with E-state index in [0.29, 0.717) is 36.7 Å². The number of methoxy groups -OCH3 is 2. The number of hydrogen-bond donors (Lipinski definition) is 1. The summed E-state index contributed by atoms with van der Waals surface area (Å²) >= 11 is 5.06. The molecule has 0 saturated carbocycles. The van der Waals surface area contributed by atoms with Gasteiger partial charge >= 0.3 is 6.03 Å². The van der Waals surface area contributed by atoms with Crippen molar-refractivity contribution in [2.75, 3.05) is 32.6 Å². The third kappa shape index (κ3) is 7.48. The summed E-state index contributed by atoms with van der Waals surface area (Å²) in [6.07, 6.45) is 0.641. The maximum atomic E-state index is 13.5. The van der Waals surface area contributed by atoms with Gasteiger partial charge in [0.05, 0.1) is 26.5 Å². The molecular formula is C27H32BrN3O4S. The molecule has 1 heterocycles. The van der Waals surface area contributed by atoms with Crippen LogP contribution in [0, 0.1) is 0 Å². The van der Waals surface area contributed by atoms with E-state index >= 15 is 0 Å². The highest BCUT2D eigenvalue weighted by atomic mass is 79.9. The number of thiophene rings is 1. The molecule has 0 bridgehead atoms. The topological polar surface area (TPSA) is 71.1 Å². The molecule has 3 amide bonds. The average molecular weight is 575 g/mol. The van der Waals surface area contributed by atoms with Crippen LogP contribution in [0.4, 0.5) is 10.5 Å². The first-order valence-corrected chi connectivity index (χ1v) is 13.3. The molecule has 0 unspecified atom stereocenters. The lowest BCUT2D eigenvalue weighted by atomic mass is 10.1. The number of benzene rings is 2. The summed E-state index contributed by atoms with van der Waals surface area (Å²) in [5.41, 5.74) is 1.69. The Bertz CT molecular complexity index is 1150. The number of nitrogens with zero attached hydrogens (tertiary/aromatic N) is 2. The molecule has 0 radical (unpaired) electrons. The minimum absolute atomic E-state index is 0.0226. The van der Waals surface area contributed by atoms with Gasteiger partial charge in [-0.15, -0.1) is 11.3 Å². The van der Waals surface area contributed by atoms with Crippen LogP contribution in [0.5, 0.6) is 11.5 Å². The molecule has 7 nitrogen and oxygen atoms in total. The zero-order valence-electron chi connectivity index (χ0n) is 21.0. The van der Waals surface area contributed by atoms with Crippen LogP contribution in [0.15, 0.2) is 64.5 Å².